The SMILES string of the molecule is CS(=O)(=O)Nc1ccc2c(c1)C(=O)C(Sc1nnnn1-c1ccccc1)C2. The van der Waals surface area contributed by atoms with E-state index >= 15 is 0 Å². The van der Waals surface area contributed by atoms with Gasteiger partial charge in [-0.15, -0.1) is 5.10 Å². The van der Waals surface area contributed by atoms with Gasteiger partial charge >= 0.3 is 0 Å². The molecule has 1 atom stereocenters. The molecule has 0 spiro atoms. The summed E-state index contributed by atoms with van der Waals surface area (Å²) in [6, 6.07) is 14.5. The smallest absolute Gasteiger partial charge is 0.229 e. The average molecular weight is 401 g/mol. The standard InChI is InChI=1S/C17H15N5O3S2/c1-27(24,25)19-12-8-7-11-9-15(16(23)14(11)10-12)26-17-18-20-21-22(17)13-5-3-2-4-6-13/h2-8,10,15,19H,9H2,1H3. The van der Waals surface area contributed by atoms with Crippen molar-refractivity contribution in [3.63, 3.8) is 0 Å². The number of tetrazole rings is 1. The van der Waals surface area contributed by atoms with Gasteiger partial charge in [-0.1, -0.05) is 36.0 Å². The van der Waals surface area contributed by atoms with Crippen molar-refractivity contribution in [2.24, 2.45) is 0 Å². The highest BCUT2D eigenvalue weighted by molar-refractivity contribution is 8.00. The molecule has 1 N–H and O–H groups in total. The topological polar surface area (TPSA) is 107 Å². The van der Waals surface area contributed by atoms with E-state index in [2.05, 4.69) is 20.2 Å². The highest BCUT2D eigenvalue weighted by atomic mass is 32.2. The van der Waals surface area contributed by atoms with Crippen LogP contribution in [-0.2, 0) is 16.4 Å². The van der Waals surface area contributed by atoms with Gasteiger partial charge < -0.3 is 0 Å². The molecule has 0 amide bonds. The van der Waals surface area contributed by atoms with Gasteiger partial charge in [-0.3, -0.25) is 9.52 Å². The van der Waals surface area contributed by atoms with E-state index in [1.165, 1.54) is 11.8 Å². The highest BCUT2D eigenvalue weighted by Crippen LogP contribution is 2.35. The Kier molecular flexibility index (Phi) is 4.44. The zero-order valence-corrected chi connectivity index (χ0v) is 15.9. The predicted octanol–water partition coefficient (Wildman–Crippen LogP) is 1.93. The van der Waals surface area contributed by atoms with E-state index in [-0.39, 0.29) is 11.0 Å². The first kappa shape index (κ1) is 17.7. The van der Waals surface area contributed by atoms with Gasteiger partial charge in [0.05, 0.1) is 17.2 Å². The molecule has 8 nitrogen and oxygen atoms in total. The van der Waals surface area contributed by atoms with Gasteiger partial charge in [-0.25, -0.2) is 8.42 Å². The molecule has 3 aromatic rings. The summed E-state index contributed by atoms with van der Waals surface area (Å²) in [5.74, 6) is -0.0604. The molecule has 0 radical (unpaired) electrons. The van der Waals surface area contributed by atoms with Gasteiger partial charge in [-0.2, -0.15) is 4.68 Å². The van der Waals surface area contributed by atoms with Crippen LogP contribution in [0.15, 0.2) is 53.7 Å². The molecule has 4 rings (SSSR count). The van der Waals surface area contributed by atoms with Crippen molar-refractivity contribution in [3.8, 4) is 5.69 Å². The van der Waals surface area contributed by atoms with Crippen molar-refractivity contribution in [1.29, 1.82) is 0 Å². The van der Waals surface area contributed by atoms with E-state index in [9.17, 15) is 13.2 Å². The number of ketones is 1. The molecule has 0 saturated carbocycles. The quantitative estimate of drug-likeness (QED) is 0.696. The predicted molar refractivity (Wildman–Crippen MR) is 102 cm³/mol. The monoisotopic (exact) mass is 401 g/mol. The Balaban J connectivity index is 1.57. The van der Waals surface area contributed by atoms with Crippen LogP contribution < -0.4 is 4.72 Å². The van der Waals surface area contributed by atoms with E-state index in [1.54, 1.807) is 22.9 Å². The number of Topliss-reactive ketones (excluding diaryl/α,β-unsaturated/α-hetero) is 1. The lowest BCUT2D eigenvalue weighted by atomic mass is 10.1. The first-order valence-electron chi connectivity index (χ1n) is 8.06. The van der Waals surface area contributed by atoms with Gasteiger partial charge in [0.1, 0.15) is 0 Å². The lowest BCUT2D eigenvalue weighted by Crippen LogP contribution is -2.13. The fourth-order valence-electron chi connectivity index (χ4n) is 2.93. The largest absolute Gasteiger partial charge is 0.293 e. The van der Waals surface area contributed by atoms with Crippen LogP contribution in [0.25, 0.3) is 5.69 Å². The lowest BCUT2D eigenvalue weighted by Gasteiger charge is -2.07. The summed E-state index contributed by atoms with van der Waals surface area (Å²) in [6.07, 6.45) is 1.61. The number of thioether (sulfide) groups is 1. The Hall–Kier alpha value is -2.72. The Morgan fingerprint density at radius 2 is 1.96 bits per heavy atom. The second kappa shape index (κ2) is 6.78. The van der Waals surface area contributed by atoms with Crippen LogP contribution in [0.3, 0.4) is 0 Å². The average Bonchev–Trinajstić information content (AvgIpc) is 3.20. The number of para-hydroxylation sites is 1. The molecule has 10 heteroatoms. The van der Waals surface area contributed by atoms with Crippen molar-refractivity contribution in [1.82, 2.24) is 20.2 Å². The van der Waals surface area contributed by atoms with Crippen molar-refractivity contribution in [2.45, 2.75) is 16.8 Å². The molecule has 1 unspecified atom stereocenters. The fourth-order valence-corrected chi connectivity index (χ4v) is 4.57. The fraction of sp³-hybridized carbons (Fsp3) is 0.176. The Morgan fingerprint density at radius 3 is 2.70 bits per heavy atom. The number of anilines is 1. The van der Waals surface area contributed by atoms with Crippen LogP contribution in [0.4, 0.5) is 5.69 Å². The summed E-state index contributed by atoms with van der Waals surface area (Å²) in [5, 5.41) is 11.9. The van der Waals surface area contributed by atoms with E-state index < -0.39 is 10.0 Å². The number of sulfonamides is 1. The summed E-state index contributed by atoms with van der Waals surface area (Å²) < 4.78 is 26.8. The molecule has 2 aromatic carbocycles. The minimum absolute atomic E-state index is 0.0604. The van der Waals surface area contributed by atoms with Crippen LogP contribution in [0.2, 0.25) is 0 Å². The number of fused-ring (bicyclic) bond motifs is 1. The number of benzene rings is 2. The third kappa shape index (κ3) is 3.71. The molecule has 1 heterocycles. The zero-order valence-electron chi connectivity index (χ0n) is 14.2. The van der Waals surface area contributed by atoms with Gasteiger partial charge in [-0.05, 0) is 46.7 Å². The first-order valence-corrected chi connectivity index (χ1v) is 10.8. The van der Waals surface area contributed by atoms with Crippen LogP contribution in [0.1, 0.15) is 15.9 Å². The number of carbonyl (C=O) groups is 1. The molecular formula is C17H15N5O3S2. The third-order valence-corrected chi connectivity index (χ3v) is 5.80. The minimum Gasteiger partial charge on any atom is -0.293 e. The maximum absolute atomic E-state index is 12.8. The van der Waals surface area contributed by atoms with Crippen LogP contribution >= 0.6 is 11.8 Å². The van der Waals surface area contributed by atoms with Gasteiger partial charge in [0, 0.05) is 11.3 Å². The number of nitrogens with one attached hydrogen (secondary N) is 1. The summed E-state index contributed by atoms with van der Waals surface area (Å²) in [5.41, 5.74) is 2.60. The summed E-state index contributed by atoms with van der Waals surface area (Å²) in [6.45, 7) is 0. The maximum Gasteiger partial charge on any atom is 0.229 e. The molecule has 138 valence electrons. The number of hydrogen-bond donors (Lipinski definition) is 1. The molecule has 1 aliphatic rings. The summed E-state index contributed by atoms with van der Waals surface area (Å²) in [4.78, 5) is 12.8. The first-order chi connectivity index (χ1) is 12.9. The number of hydrogen-bond acceptors (Lipinski definition) is 7. The normalized spacial score (nSPS) is 16.3. The van der Waals surface area contributed by atoms with E-state index in [0.717, 1.165) is 17.5 Å². The number of aromatic nitrogens is 4. The summed E-state index contributed by atoms with van der Waals surface area (Å²) >= 11 is 1.30. The molecular weight excluding hydrogens is 386 g/mol. The second-order valence-electron chi connectivity index (χ2n) is 6.13. The van der Waals surface area contributed by atoms with Crippen molar-refractivity contribution < 1.29 is 13.2 Å². The maximum atomic E-state index is 12.8. The molecule has 0 fully saturated rings. The Bertz CT molecular complexity index is 1110. The van der Waals surface area contributed by atoms with Crippen molar-refractivity contribution in [2.75, 3.05) is 11.0 Å². The van der Waals surface area contributed by atoms with Crippen LogP contribution in [0.5, 0.6) is 0 Å². The van der Waals surface area contributed by atoms with Crippen molar-refractivity contribution in [3.05, 3.63) is 59.7 Å². The molecule has 1 aliphatic carbocycles. The van der Waals surface area contributed by atoms with Crippen LogP contribution in [0, 0.1) is 0 Å². The number of nitrogens with zero attached hydrogens (tertiary/aromatic N) is 4. The number of rotatable bonds is 5. The minimum atomic E-state index is -3.40. The zero-order chi connectivity index (χ0) is 19.0. The second-order valence-corrected chi connectivity index (χ2v) is 9.05. The van der Waals surface area contributed by atoms with Gasteiger partial charge in [0.25, 0.3) is 0 Å². The molecule has 0 aliphatic heterocycles. The van der Waals surface area contributed by atoms with Crippen molar-refractivity contribution >= 4 is 33.3 Å². The molecule has 0 saturated heterocycles. The van der Waals surface area contributed by atoms with Gasteiger partial charge in [0.2, 0.25) is 15.2 Å². The Labute approximate surface area is 160 Å². The highest BCUT2D eigenvalue weighted by Gasteiger charge is 2.33. The van der Waals surface area contributed by atoms with Crippen LogP contribution in [-0.4, -0.2) is 45.9 Å². The van der Waals surface area contributed by atoms with E-state index in [4.69, 9.17) is 0 Å². The summed E-state index contributed by atoms with van der Waals surface area (Å²) in [7, 11) is -3.40. The number of carbonyl (C=O) groups excluding carboxylic acids is 1. The molecule has 1 aromatic heterocycles. The Morgan fingerprint density at radius 1 is 1.19 bits per heavy atom. The molecule has 0 bridgehead atoms. The third-order valence-electron chi connectivity index (χ3n) is 4.07. The van der Waals surface area contributed by atoms with Gasteiger partial charge in [0.15, 0.2) is 5.78 Å². The van der Waals surface area contributed by atoms with E-state index in [0.29, 0.717) is 22.8 Å². The molecule has 27 heavy (non-hydrogen) atoms. The van der Waals surface area contributed by atoms with E-state index in [1.807, 2.05) is 30.3 Å². The lowest BCUT2D eigenvalue weighted by molar-refractivity contribution is 0.1000.